The minimum Gasteiger partial charge on any atom is -0.368 e. The summed E-state index contributed by atoms with van der Waals surface area (Å²) in [6.45, 7) is 5.15. The lowest BCUT2D eigenvalue weighted by molar-refractivity contribution is -0.128. The highest BCUT2D eigenvalue weighted by molar-refractivity contribution is 5.88. The molecule has 76 valence electrons. The minimum absolute atomic E-state index is 0.0276. The third-order valence-corrected chi connectivity index (χ3v) is 1.68. The van der Waals surface area contributed by atoms with Gasteiger partial charge in [0.25, 0.3) is 0 Å². The van der Waals surface area contributed by atoms with E-state index in [1.54, 1.807) is 20.8 Å². The van der Waals surface area contributed by atoms with Gasteiger partial charge in [0.1, 0.15) is 6.04 Å². The highest BCUT2D eigenvalue weighted by Crippen LogP contribution is 2.00. The third-order valence-electron chi connectivity index (χ3n) is 1.68. The first-order valence-corrected chi connectivity index (χ1v) is 4.21. The van der Waals surface area contributed by atoms with E-state index < -0.39 is 18.0 Å². The molecule has 0 saturated heterocycles. The number of rotatable bonds is 4. The summed E-state index contributed by atoms with van der Waals surface area (Å²) in [5.74, 6) is -0.929. The summed E-state index contributed by atoms with van der Waals surface area (Å²) >= 11 is 0. The molecule has 0 aliphatic rings. The molecule has 0 aromatic heterocycles. The van der Waals surface area contributed by atoms with Gasteiger partial charge in [-0.25, -0.2) is 0 Å². The molecule has 5 heteroatoms. The van der Waals surface area contributed by atoms with Gasteiger partial charge in [-0.2, -0.15) is 0 Å². The van der Waals surface area contributed by atoms with E-state index in [4.69, 9.17) is 11.5 Å². The Kier molecular flexibility index (Phi) is 4.40. The molecule has 0 aliphatic heterocycles. The molecule has 5 N–H and O–H groups in total. The van der Waals surface area contributed by atoms with Crippen LogP contribution in [0.5, 0.6) is 0 Å². The van der Waals surface area contributed by atoms with Gasteiger partial charge in [0.05, 0.1) is 6.04 Å². The van der Waals surface area contributed by atoms with Crippen molar-refractivity contribution in [2.45, 2.75) is 32.9 Å². The normalized spacial score (nSPS) is 15.2. The zero-order valence-electron chi connectivity index (χ0n) is 8.20. The Morgan fingerprint density at radius 3 is 1.92 bits per heavy atom. The molecule has 0 bridgehead atoms. The number of carbonyl (C=O) groups excluding carboxylic acids is 2. The lowest BCUT2D eigenvalue weighted by atomic mass is 10.0. The molecule has 0 spiro atoms. The number of primary amides is 1. The summed E-state index contributed by atoms with van der Waals surface area (Å²) < 4.78 is 0. The SMILES string of the molecule is CC(N)C(=O)N[C@@H](C(N)=O)C(C)C. The summed E-state index contributed by atoms with van der Waals surface area (Å²) in [5.41, 5.74) is 10.4. The first-order valence-electron chi connectivity index (χ1n) is 4.21. The van der Waals surface area contributed by atoms with Crippen molar-refractivity contribution >= 4 is 11.8 Å². The van der Waals surface area contributed by atoms with Crippen molar-refractivity contribution in [3.05, 3.63) is 0 Å². The van der Waals surface area contributed by atoms with Gasteiger partial charge < -0.3 is 16.8 Å². The van der Waals surface area contributed by atoms with E-state index in [1.165, 1.54) is 0 Å². The van der Waals surface area contributed by atoms with Gasteiger partial charge >= 0.3 is 0 Å². The summed E-state index contributed by atoms with van der Waals surface area (Å²) in [6, 6.07) is -1.26. The number of hydrogen-bond acceptors (Lipinski definition) is 3. The van der Waals surface area contributed by atoms with Crippen molar-refractivity contribution in [3.8, 4) is 0 Å². The topological polar surface area (TPSA) is 98.2 Å². The zero-order chi connectivity index (χ0) is 10.6. The Balaban J connectivity index is 4.27. The molecule has 0 rings (SSSR count). The molecule has 0 fully saturated rings. The Bertz CT molecular complexity index is 202. The highest BCUT2D eigenvalue weighted by Gasteiger charge is 2.22. The van der Waals surface area contributed by atoms with Crippen LogP contribution in [0.1, 0.15) is 20.8 Å². The fourth-order valence-corrected chi connectivity index (χ4v) is 0.851. The molecule has 0 aromatic carbocycles. The van der Waals surface area contributed by atoms with Crippen molar-refractivity contribution in [3.63, 3.8) is 0 Å². The van der Waals surface area contributed by atoms with Crippen LogP contribution >= 0.6 is 0 Å². The van der Waals surface area contributed by atoms with Crippen LogP contribution in [0.25, 0.3) is 0 Å². The summed E-state index contributed by atoms with van der Waals surface area (Å²) in [6.07, 6.45) is 0. The molecule has 0 aliphatic carbocycles. The maximum atomic E-state index is 11.1. The fraction of sp³-hybridized carbons (Fsp3) is 0.750. The van der Waals surface area contributed by atoms with Crippen LogP contribution in [-0.2, 0) is 9.59 Å². The molecule has 0 saturated carbocycles. The van der Waals surface area contributed by atoms with E-state index in [9.17, 15) is 9.59 Å². The van der Waals surface area contributed by atoms with Crippen molar-refractivity contribution in [2.75, 3.05) is 0 Å². The molecule has 0 radical (unpaired) electrons. The molecule has 2 amide bonds. The lowest BCUT2D eigenvalue weighted by Gasteiger charge is -2.19. The van der Waals surface area contributed by atoms with Gasteiger partial charge in [0.15, 0.2) is 0 Å². The molecule has 0 aromatic rings. The van der Waals surface area contributed by atoms with E-state index in [0.29, 0.717) is 0 Å². The van der Waals surface area contributed by atoms with Gasteiger partial charge in [0.2, 0.25) is 11.8 Å². The standard InChI is InChI=1S/C8H17N3O2/c1-4(2)6(7(10)12)11-8(13)5(3)9/h4-6H,9H2,1-3H3,(H2,10,12)(H,11,13)/t5?,6-/m1/s1. The number of nitrogens with one attached hydrogen (secondary N) is 1. The van der Waals surface area contributed by atoms with Gasteiger partial charge in [0, 0.05) is 0 Å². The second-order valence-electron chi connectivity index (χ2n) is 3.42. The molecule has 13 heavy (non-hydrogen) atoms. The second-order valence-corrected chi connectivity index (χ2v) is 3.42. The van der Waals surface area contributed by atoms with Gasteiger partial charge in [-0.1, -0.05) is 13.8 Å². The van der Waals surface area contributed by atoms with Crippen LogP contribution in [0.2, 0.25) is 0 Å². The molecule has 0 heterocycles. The maximum absolute atomic E-state index is 11.1. The molecule has 5 nitrogen and oxygen atoms in total. The van der Waals surface area contributed by atoms with Crippen molar-refractivity contribution < 1.29 is 9.59 Å². The smallest absolute Gasteiger partial charge is 0.240 e. The van der Waals surface area contributed by atoms with Crippen molar-refractivity contribution in [2.24, 2.45) is 17.4 Å². The van der Waals surface area contributed by atoms with Gasteiger partial charge in [-0.05, 0) is 12.8 Å². The van der Waals surface area contributed by atoms with E-state index in [-0.39, 0.29) is 11.8 Å². The maximum Gasteiger partial charge on any atom is 0.240 e. The summed E-state index contributed by atoms with van der Waals surface area (Å²) in [7, 11) is 0. The number of hydrogen-bond donors (Lipinski definition) is 3. The average Bonchev–Trinajstić information content (AvgIpc) is 1.97. The Morgan fingerprint density at radius 1 is 1.23 bits per heavy atom. The predicted octanol–water partition coefficient (Wildman–Crippen LogP) is -1.04. The van der Waals surface area contributed by atoms with Crippen molar-refractivity contribution in [1.82, 2.24) is 5.32 Å². The zero-order valence-corrected chi connectivity index (χ0v) is 8.20. The highest BCUT2D eigenvalue weighted by atomic mass is 16.2. The summed E-state index contributed by atoms with van der Waals surface area (Å²) in [5, 5.41) is 2.48. The Hall–Kier alpha value is -1.10. The van der Waals surface area contributed by atoms with Crippen LogP contribution in [0, 0.1) is 5.92 Å². The van der Waals surface area contributed by atoms with Crippen LogP contribution in [-0.4, -0.2) is 23.9 Å². The molecular weight excluding hydrogens is 170 g/mol. The minimum atomic E-state index is -0.640. The fourth-order valence-electron chi connectivity index (χ4n) is 0.851. The number of carbonyl (C=O) groups is 2. The quantitative estimate of drug-likeness (QED) is 0.524. The summed E-state index contributed by atoms with van der Waals surface area (Å²) in [4.78, 5) is 22.0. The average molecular weight is 187 g/mol. The van der Waals surface area contributed by atoms with E-state index in [2.05, 4.69) is 5.32 Å². The lowest BCUT2D eigenvalue weighted by Crippen LogP contribution is -2.51. The van der Waals surface area contributed by atoms with Crippen LogP contribution in [0.15, 0.2) is 0 Å². The molecular formula is C8H17N3O2. The van der Waals surface area contributed by atoms with E-state index >= 15 is 0 Å². The van der Waals surface area contributed by atoms with Crippen LogP contribution in [0.4, 0.5) is 0 Å². The molecule has 2 atom stereocenters. The predicted molar refractivity (Wildman–Crippen MR) is 49.6 cm³/mol. The largest absolute Gasteiger partial charge is 0.368 e. The van der Waals surface area contributed by atoms with Crippen molar-refractivity contribution in [1.29, 1.82) is 0 Å². The molecule has 1 unspecified atom stereocenters. The Labute approximate surface area is 77.8 Å². The number of amides is 2. The van der Waals surface area contributed by atoms with Gasteiger partial charge in [-0.15, -0.1) is 0 Å². The number of nitrogens with two attached hydrogens (primary N) is 2. The monoisotopic (exact) mass is 187 g/mol. The Morgan fingerprint density at radius 2 is 1.69 bits per heavy atom. The van der Waals surface area contributed by atoms with Crippen LogP contribution < -0.4 is 16.8 Å². The third kappa shape index (κ3) is 3.89. The first-order chi connectivity index (χ1) is 5.86. The van der Waals surface area contributed by atoms with Gasteiger partial charge in [-0.3, -0.25) is 9.59 Å². The van der Waals surface area contributed by atoms with Crippen LogP contribution in [0.3, 0.4) is 0 Å². The first kappa shape index (κ1) is 11.9. The van der Waals surface area contributed by atoms with E-state index in [1.807, 2.05) is 0 Å². The second kappa shape index (κ2) is 4.81. The van der Waals surface area contributed by atoms with E-state index in [0.717, 1.165) is 0 Å².